The third kappa shape index (κ3) is 6.55. The third-order valence-corrected chi connectivity index (χ3v) is 7.96. The zero-order chi connectivity index (χ0) is 34.1. The van der Waals surface area contributed by atoms with Crippen molar-refractivity contribution in [3.05, 3.63) is 154 Å². The zero-order valence-corrected chi connectivity index (χ0v) is 26.5. The number of aliphatic hydroxyl groups is 1. The first-order valence-electron chi connectivity index (χ1n) is 15.4. The van der Waals surface area contributed by atoms with E-state index in [-0.39, 0.29) is 11.4 Å². The lowest BCUT2D eigenvalue weighted by Crippen LogP contribution is -2.00. The molecule has 1 atom stereocenters. The van der Waals surface area contributed by atoms with Crippen LogP contribution in [0.15, 0.2) is 127 Å². The Morgan fingerprint density at radius 1 is 0.735 bits per heavy atom. The van der Waals surface area contributed by atoms with Crippen LogP contribution < -0.4 is 5.73 Å². The van der Waals surface area contributed by atoms with Crippen LogP contribution in [0.1, 0.15) is 40.5 Å². The van der Waals surface area contributed by atoms with Gasteiger partial charge in [-0.3, -0.25) is 10.1 Å². The van der Waals surface area contributed by atoms with Crippen molar-refractivity contribution in [3.63, 3.8) is 0 Å². The summed E-state index contributed by atoms with van der Waals surface area (Å²) in [7, 11) is 0. The Morgan fingerprint density at radius 2 is 1.35 bits per heavy atom. The molecule has 0 aliphatic heterocycles. The molecule has 11 nitrogen and oxygen atoms in total. The number of anilines is 1. The molecule has 0 spiro atoms. The number of fused-ring (bicyclic) bond motifs is 2. The van der Waals surface area contributed by atoms with Gasteiger partial charge in [0.25, 0.3) is 5.69 Å². The minimum Gasteiger partial charge on any atom is -0.461 e. The highest BCUT2D eigenvalue weighted by molar-refractivity contribution is 5.82. The Bertz CT molecular complexity index is 2410. The summed E-state index contributed by atoms with van der Waals surface area (Å²) in [5.74, 6) is 3.42. The number of aliphatic hydroxyl groups excluding tert-OH is 1. The van der Waals surface area contributed by atoms with E-state index in [0.717, 1.165) is 45.0 Å². The predicted octanol–water partition coefficient (Wildman–Crippen LogP) is 8.96. The first-order valence-corrected chi connectivity index (χ1v) is 15.4. The largest absolute Gasteiger partial charge is 0.461 e. The molecule has 1 unspecified atom stereocenters. The van der Waals surface area contributed by atoms with E-state index in [9.17, 15) is 15.2 Å². The van der Waals surface area contributed by atoms with Crippen LogP contribution in [0.25, 0.3) is 44.8 Å². The number of rotatable bonds is 7. The second-order valence-electron chi connectivity index (χ2n) is 11.4. The number of nitrogens with zero attached hydrogens (tertiary/aromatic N) is 3. The van der Waals surface area contributed by atoms with Gasteiger partial charge in [-0.1, -0.05) is 36.4 Å². The van der Waals surface area contributed by atoms with Crippen molar-refractivity contribution in [1.82, 2.24) is 9.97 Å². The average molecular weight is 655 g/mol. The molecule has 4 aromatic heterocycles. The minimum absolute atomic E-state index is 0.0386. The maximum absolute atomic E-state index is 10.9. The van der Waals surface area contributed by atoms with Gasteiger partial charge in [0.1, 0.15) is 39.9 Å². The van der Waals surface area contributed by atoms with Gasteiger partial charge in [0.15, 0.2) is 6.10 Å². The molecule has 0 fully saturated rings. The second-order valence-corrected chi connectivity index (χ2v) is 11.4. The van der Waals surface area contributed by atoms with E-state index >= 15 is 0 Å². The van der Waals surface area contributed by atoms with Crippen LogP contribution in [-0.2, 0) is 6.42 Å². The Morgan fingerprint density at radius 3 is 2.04 bits per heavy atom. The molecule has 8 rings (SSSR count). The van der Waals surface area contributed by atoms with Crippen LogP contribution in [0.4, 0.5) is 11.4 Å². The lowest BCUT2D eigenvalue weighted by atomic mass is 10.1. The monoisotopic (exact) mass is 654 g/mol. The van der Waals surface area contributed by atoms with Gasteiger partial charge in [0.2, 0.25) is 11.8 Å². The smallest absolute Gasteiger partial charge is 0.270 e. The number of nitro benzene ring substituents is 1. The highest BCUT2D eigenvalue weighted by Crippen LogP contribution is 2.33. The minimum atomic E-state index is -1.14. The van der Waals surface area contributed by atoms with E-state index in [1.165, 1.54) is 18.2 Å². The van der Waals surface area contributed by atoms with Gasteiger partial charge in [-0.05, 0) is 74.5 Å². The lowest BCUT2D eigenvalue weighted by molar-refractivity contribution is -0.384. The molecule has 0 saturated heterocycles. The van der Waals surface area contributed by atoms with Crippen LogP contribution >= 0.6 is 0 Å². The Balaban J connectivity index is 0.000000155. The molecule has 4 aromatic carbocycles. The number of nitro groups is 1. The van der Waals surface area contributed by atoms with Crippen LogP contribution in [0.2, 0.25) is 0 Å². The summed E-state index contributed by atoms with van der Waals surface area (Å²) >= 11 is 0. The lowest BCUT2D eigenvalue weighted by Gasteiger charge is -2.03. The van der Waals surface area contributed by atoms with E-state index in [1.54, 1.807) is 13.0 Å². The highest BCUT2D eigenvalue weighted by atomic mass is 16.6. The fourth-order valence-electron chi connectivity index (χ4n) is 5.47. The number of aromatic nitrogens is 2. The number of nitrogen functional groups attached to an aromatic ring is 1. The third-order valence-electron chi connectivity index (χ3n) is 7.96. The summed E-state index contributed by atoms with van der Waals surface area (Å²) in [6.07, 6.45) is -0.542. The Hall–Kier alpha value is -6.46. The summed E-state index contributed by atoms with van der Waals surface area (Å²) in [6, 6.07) is 32.7. The van der Waals surface area contributed by atoms with Crippen molar-refractivity contribution in [2.45, 2.75) is 26.4 Å². The fraction of sp³-hybridized carbons (Fsp3) is 0.105. The first-order chi connectivity index (χ1) is 23.7. The number of oxazole rings is 2. The molecule has 0 aliphatic rings. The van der Waals surface area contributed by atoms with Crippen molar-refractivity contribution < 1.29 is 27.7 Å². The van der Waals surface area contributed by atoms with Crippen LogP contribution in [0.3, 0.4) is 0 Å². The molecule has 0 aliphatic carbocycles. The van der Waals surface area contributed by atoms with E-state index in [4.69, 9.17) is 23.4 Å². The molecule has 0 radical (unpaired) electrons. The van der Waals surface area contributed by atoms with E-state index in [0.29, 0.717) is 40.6 Å². The number of hydrogen-bond donors (Lipinski definition) is 2. The van der Waals surface area contributed by atoms with E-state index in [2.05, 4.69) is 9.97 Å². The average Bonchev–Trinajstić information content (AvgIpc) is 3.90. The Kier molecular flexibility index (Phi) is 8.25. The molecule has 0 amide bonds. The Labute approximate surface area is 279 Å². The summed E-state index contributed by atoms with van der Waals surface area (Å²) in [5, 5.41) is 23.1. The summed E-state index contributed by atoms with van der Waals surface area (Å²) in [4.78, 5) is 19.4. The molecule has 8 aromatic rings. The second kappa shape index (κ2) is 13.0. The number of non-ortho nitro benzene ring substituents is 1. The fourth-order valence-corrected chi connectivity index (χ4v) is 5.47. The molecule has 49 heavy (non-hydrogen) atoms. The number of benzene rings is 4. The summed E-state index contributed by atoms with van der Waals surface area (Å²) < 4.78 is 23.0. The summed E-state index contributed by atoms with van der Waals surface area (Å²) in [5.41, 5.74) is 10.8. The standard InChI is InChI=1S/C19H14N2O5.C19H16N2O2/c1-11-17(20-19(25-11)12-5-3-2-4-6-12)18(22)16-10-13-9-14(21(23)24)7-8-15(13)26-16;1-12-17(21-19(22-12)13-5-3-2-4-6-13)11-16-10-14-9-15(20)7-8-18(14)23-16/h2-10,18,22H,1H3;2-10H,11,20H2,1H3. The topological polar surface area (TPSA) is 168 Å². The van der Waals surface area contributed by atoms with Gasteiger partial charge in [-0.15, -0.1) is 0 Å². The number of aryl methyl sites for hydroxylation is 2. The number of nitrogens with two attached hydrogens (primary N) is 1. The van der Waals surface area contributed by atoms with Crippen molar-refractivity contribution in [2.75, 3.05) is 5.73 Å². The number of hydrogen-bond acceptors (Lipinski definition) is 10. The molecule has 4 heterocycles. The quantitative estimate of drug-likeness (QED) is 0.0961. The van der Waals surface area contributed by atoms with Gasteiger partial charge in [-0.2, -0.15) is 0 Å². The molecule has 3 N–H and O–H groups in total. The van der Waals surface area contributed by atoms with Gasteiger partial charge in [0, 0.05) is 39.7 Å². The van der Waals surface area contributed by atoms with Crippen LogP contribution in [0, 0.1) is 24.0 Å². The molecule has 0 bridgehead atoms. The van der Waals surface area contributed by atoms with Crippen molar-refractivity contribution in [1.29, 1.82) is 0 Å². The van der Waals surface area contributed by atoms with Gasteiger partial charge in [-0.25, -0.2) is 9.97 Å². The van der Waals surface area contributed by atoms with E-state index < -0.39 is 11.0 Å². The SMILES string of the molecule is Cc1oc(-c2ccccc2)nc1C(O)c1cc2cc([N+](=O)[O-])ccc2o1.Cc1oc(-c2ccccc2)nc1Cc1cc2cc(N)ccc2o1. The van der Waals surface area contributed by atoms with Gasteiger partial charge in [0.05, 0.1) is 17.0 Å². The zero-order valence-electron chi connectivity index (χ0n) is 26.5. The van der Waals surface area contributed by atoms with Gasteiger partial charge >= 0.3 is 0 Å². The first kappa shape index (κ1) is 31.2. The molecular formula is C38H30N4O7. The van der Waals surface area contributed by atoms with Crippen molar-refractivity contribution in [3.8, 4) is 22.9 Å². The maximum atomic E-state index is 10.9. The molecule has 0 saturated carbocycles. The molecule has 11 heteroatoms. The van der Waals surface area contributed by atoms with Crippen molar-refractivity contribution in [2.24, 2.45) is 0 Å². The normalized spacial score (nSPS) is 11.8. The predicted molar refractivity (Wildman–Crippen MR) is 184 cm³/mol. The molecule has 244 valence electrons. The van der Waals surface area contributed by atoms with Crippen molar-refractivity contribution >= 4 is 33.3 Å². The molecular weight excluding hydrogens is 624 g/mol. The number of furan rings is 2. The van der Waals surface area contributed by atoms with E-state index in [1.807, 2.05) is 91.9 Å². The van der Waals surface area contributed by atoms with Crippen LogP contribution in [0.5, 0.6) is 0 Å². The van der Waals surface area contributed by atoms with Gasteiger partial charge < -0.3 is 28.5 Å². The highest BCUT2D eigenvalue weighted by Gasteiger charge is 2.24. The maximum Gasteiger partial charge on any atom is 0.270 e. The van der Waals surface area contributed by atoms with Crippen LogP contribution in [-0.4, -0.2) is 20.0 Å². The summed E-state index contributed by atoms with van der Waals surface area (Å²) in [6.45, 7) is 3.64.